The Kier molecular flexibility index (Phi) is 3.83. The number of nitrogens with one attached hydrogen (secondary N) is 1. The molecule has 1 aliphatic rings. The van der Waals surface area contributed by atoms with Gasteiger partial charge < -0.3 is 20.9 Å². The minimum atomic E-state index is -0.845. The second-order valence-electron chi connectivity index (χ2n) is 6.25. The van der Waals surface area contributed by atoms with Gasteiger partial charge in [-0.15, -0.1) is 0 Å². The van der Waals surface area contributed by atoms with Crippen LogP contribution in [0.1, 0.15) is 35.8 Å². The second kappa shape index (κ2) is 5.68. The molecule has 2 aromatic rings. The number of carbonyl (C=O) groups excluding carboxylic acids is 1. The van der Waals surface area contributed by atoms with Gasteiger partial charge in [-0.25, -0.2) is 0 Å². The molecule has 0 fully saturated rings. The van der Waals surface area contributed by atoms with Crippen LogP contribution < -0.4 is 15.8 Å². The number of fused-ring (bicyclic) bond motifs is 1. The highest BCUT2D eigenvalue weighted by atomic mass is 16.5. The van der Waals surface area contributed by atoms with E-state index in [2.05, 4.69) is 5.32 Å². The van der Waals surface area contributed by atoms with E-state index in [1.165, 1.54) is 0 Å². The van der Waals surface area contributed by atoms with E-state index in [0.717, 1.165) is 5.69 Å². The molecular formula is C18H20N2O3. The lowest BCUT2D eigenvalue weighted by Crippen LogP contribution is -2.51. The average molecular weight is 312 g/mol. The van der Waals surface area contributed by atoms with E-state index in [4.69, 9.17) is 10.5 Å². The predicted molar refractivity (Wildman–Crippen MR) is 88.5 cm³/mol. The van der Waals surface area contributed by atoms with Crippen molar-refractivity contribution in [2.45, 2.75) is 31.6 Å². The van der Waals surface area contributed by atoms with Gasteiger partial charge in [-0.2, -0.15) is 0 Å². The second-order valence-corrected chi connectivity index (χ2v) is 6.25. The Bertz CT molecular complexity index is 728. The highest BCUT2D eigenvalue weighted by molar-refractivity contribution is 6.04. The van der Waals surface area contributed by atoms with Gasteiger partial charge in [-0.1, -0.05) is 18.2 Å². The van der Waals surface area contributed by atoms with Crippen molar-refractivity contribution in [3.05, 3.63) is 59.7 Å². The lowest BCUT2D eigenvalue weighted by atomic mass is 9.86. The van der Waals surface area contributed by atoms with Crippen LogP contribution >= 0.6 is 0 Å². The molecule has 0 unspecified atom stereocenters. The Hall–Kier alpha value is -2.37. The van der Waals surface area contributed by atoms with E-state index in [1.807, 2.05) is 30.3 Å². The van der Waals surface area contributed by atoms with Gasteiger partial charge in [0.1, 0.15) is 17.5 Å². The lowest BCUT2D eigenvalue weighted by Gasteiger charge is -2.40. The van der Waals surface area contributed by atoms with Crippen molar-refractivity contribution in [2.24, 2.45) is 5.73 Å². The van der Waals surface area contributed by atoms with Crippen LogP contribution in [0.3, 0.4) is 0 Å². The molecule has 0 saturated heterocycles. The molecule has 2 aromatic carbocycles. The summed E-state index contributed by atoms with van der Waals surface area (Å²) in [6.45, 7) is 3.58. The molecule has 23 heavy (non-hydrogen) atoms. The van der Waals surface area contributed by atoms with Crippen LogP contribution in [0.25, 0.3) is 0 Å². The highest BCUT2D eigenvalue weighted by Gasteiger charge is 2.41. The summed E-state index contributed by atoms with van der Waals surface area (Å²) < 4.78 is 5.79. The third-order valence-corrected chi connectivity index (χ3v) is 4.09. The summed E-state index contributed by atoms with van der Waals surface area (Å²) in [6.07, 6.45) is -0.845. The molecule has 0 radical (unpaired) electrons. The number of hydrogen-bond donors (Lipinski definition) is 3. The fourth-order valence-electron chi connectivity index (χ4n) is 2.71. The fraction of sp³-hybridized carbons (Fsp3) is 0.278. The van der Waals surface area contributed by atoms with Gasteiger partial charge in [0, 0.05) is 16.8 Å². The predicted octanol–water partition coefficient (Wildman–Crippen LogP) is 2.47. The van der Waals surface area contributed by atoms with Gasteiger partial charge in [0.2, 0.25) is 0 Å². The molecule has 4 N–H and O–H groups in total. The number of aliphatic hydroxyl groups is 1. The van der Waals surface area contributed by atoms with Gasteiger partial charge in [0.25, 0.3) is 5.91 Å². The molecule has 2 atom stereocenters. The van der Waals surface area contributed by atoms with Gasteiger partial charge in [-0.05, 0) is 44.2 Å². The summed E-state index contributed by atoms with van der Waals surface area (Å²) in [4.78, 5) is 12.4. The molecule has 5 nitrogen and oxygen atoms in total. The molecular weight excluding hydrogens is 292 g/mol. The van der Waals surface area contributed by atoms with Crippen LogP contribution in [0.4, 0.5) is 5.69 Å². The van der Waals surface area contributed by atoms with Crippen molar-refractivity contribution in [2.75, 3.05) is 5.32 Å². The Balaban J connectivity index is 1.88. The molecule has 0 aliphatic carbocycles. The van der Waals surface area contributed by atoms with Crippen molar-refractivity contribution in [3.8, 4) is 5.75 Å². The number of nitrogens with two attached hydrogens (primary N) is 1. The number of ether oxygens (including phenoxy) is 1. The molecule has 0 aromatic heterocycles. The number of rotatable bonds is 2. The van der Waals surface area contributed by atoms with Crippen molar-refractivity contribution in [3.63, 3.8) is 0 Å². The summed E-state index contributed by atoms with van der Waals surface area (Å²) >= 11 is 0. The molecule has 0 saturated carbocycles. The maximum atomic E-state index is 12.4. The molecule has 1 amide bonds. The van der Waals surface area contributed by atoms with Gasteiger partial charge in [0.15, 0.2) is 0 Å². The third kappa shape index (κ3) is 2.93. The van der Waals surface area contributed by atoms with Crippen molar-refractivity contribution < 1.29 is 14.6 Å². The number of aliphatic hydroxyl groups excluding tert-OH is 1. The minimum absolute atomic E-state index is 0.231. The van der Waals surface area contributed by atoms with Crippen molar-refractivity contribution >= 4 is 11.6 Å². The fourth-order valence-corrected chi connectivity index (χ4v) is 2.71. The summed E-state index contributed by atoms with van der Waals surface area (Å²) in [5, 5.41) is 13.1. The number of carbonyl (C=O) groups is 1. The first-order valence-electron chi connectivity index (χ1n) is 7.51. The third-order valence-electron chi connectivity index (χ3n) is 4.09. The zero-order valence-corrected chi connectivity index (χ0v) is 13.1. The summed E-state index contributed by atoms with van der Waals surface area (Å²) in [7, 11) is 0. The molecule has 0 spiro atoms. The lowest BCUT2D eigenvalue weighted by molar-refractivity contribution is -0.0571. The first-order valence-corrected chi connectivity index (χ1v) is 7.51. The topological polar surface area (TPSA) is 84.6 Å². The number of benzene rings is 2. The normalized spacial score (nSPS) is 21.9. The number of amides is 1. The van der Waals surface area contributed by atoms with Crippen LogP contribution in [0.15, 0.2) is 48.5 Å². The summed E-state index contributed by atoms with van der Waals surface area (Å²) in [6, 6.07) is 13.7. The molecule has 1 aliphatic heterocycles. The first-order chi connectivity index (χ1) is 10.9. The Morgan fingerprint density at radius 2 is 1.91 bits per heavy atom. The maximum Gasteiger partial charge on any atom is 0.255 e. The Labute approximate surface area is 135 Å². The van der Waals surface area contributed by atoms with Crippen molar-refractivity contribution in [1.29, 1.82) is 0 Å². The van der Waals surface area contributed by atoms with Gasteiger partial charge in [-0.3, -0.25) is 4.79 Å². The average Bonchev–Trinajstić information content (AvgIpc) is 2.53. The quantitative estimate of drug-likeness (QED) is 0.795. The largest absolute Gasteiger partial charge is 0.485 e. The number of hydrogen-bond acceptors (Lipinski definition) is 4. The van der Waals surface area contributed by atoms with Gasteiger partial charge in [0.05, 0.1) is 6.04 Å². The molecule has 1 heterocycles. The monoisotopic (exact) mass is 312 g/mol. The summed E-state index contributed by atoms with van der Waals surface area (Å²) in [5.41, 5.74) is 7.19. The molecule has 120 valence electrons. The van der Waals surface area contributed by atoms with E-state index in [9.17, 15) is 9.90 Å². The van der Waals surface area contributed by atoms with Crippen LogP contribution in [0.2, 0.25) is 0 Å². The van der Waals surface area contributed by atoms with Crippen LogP contribution in [-0.2, 0) is 0 Å². The van der Waals surface area contributed by atoms with E-state index < -0.39 is 17.7 Å². The zero-order chi connectivity index (χ0) is 16.6. The molecule has 3 rings (SSSR count). The highest BCUT2D eigenvalue weighted by Crippen LogP contribution is 2.38. The van der Waals surface area contributed by atoms with Crippen LogP contribution in [0.5, 0.6) is 5.75 Å². The number of para-hydroxylation sites is 1. The minimum Gasteiger partial charge on any atom is -0.485 e. The van der Waals surface area contributed by atoms with Crippen LogP contribution in [0, 0.1) is 0 Å². The SMILES string of the molecule is CC1(C)Oc2ccc(C(=O)Nc3ccccc3)cc2[C@@H](N)[C@@H]1O. The van der Waals surface area contributed by atoms with E-state index in [-0.39, 0.29) is 5.91 Å². The zero-order valence-electron chi connectivity index (χ0n) is 13.1. The van der Waals surface area contributed by atoms with E-state index >= 15 is 0 Å². The first kappa shape index (κ1) is 15.5. The van der Waals surface area contributed by atoms with Crippen molar-refractivity contribution in [1.82, 2.24) is 0 Å². The van der Waals surface area contributed by atoms with Gasteiger partial charge >= 0.3 is 0 Å². The van der Waals surface area contributed by atoms with Crippen LogP contribution in [-0.4, -0.2) is 22.7 Å². The number of anilines is 1. The maximum absolute atomic E-state index is 12.4. The summed E-state index contributed by atoms with van der Waals surface area (Å²) in [5.74, 6) is 0.370. The molecule has 0 bridgehead atoms. The van der Waals surface area contributed by atoms with E-state index in [0.29, 0.717) is 16.9 Å². The standard InChI is InChI=1S/C18H20N2O3/c1-18(2)16(21)15(19)13-10-11(8-9-14(13)23-18)17(22)20-12-6-4-3-5-7-12/h3-10,15-16,21H,19H2,1-2H3,(H,20,22)/t15-,16+/m1/s1. The molecule has 5 heteroatoms. The Morgan fingerprint density at radius 3 is 2.61 bits per heavy atom. The smallest absolute Gasteiger partial charge is 0.255 e. The van der Waals surface area contributed by atoms with E-state index in [1.54, 1.807) is 32.0 Å². The Morgan fingerprint density at radius 1 is 1.22 bits per heavy atom.